The van der Waals surface area contributed by atoms with Crippen LogP contribution in [0.15, 0.2) is 42.6 Å². The van der Waals surface area contributed by atoms with Crippen LogP contribution in [-0.2, 0) is 4.79 Å². The van der Waals surface area contributed by atoms with Crippen molar-refractivity contribution in [2.24, 2.45) is 5.92 Å². The van der Waals surface area contributed by atoms with Crippen molar-refractivity contribution >= 4 is 23.5 Å². The lowest BCUT2D eigenvalue weighted by molar-refractivity contribution is -0.142. The van der Waals surface area contributed by atoms with Crippen molar-refractivity contribution in [3.63, 3.8) is 0 Å². The summed E-state index contributed by atoms with van der Waals surface area (Å²) in [7, 11) is 0. The fourth-order valence-electron chi connectivity index (χ4n) is 2.38. The minimum Gasteiger partial charge on any atom is -0.481 e. The standard InChI is InChI=1S/C19H21ClN2O4/c1-11(2)26-18-15(20)9-14(10-21-18)17(23)22-16(12(3)19(24)25)13-7-5-4-6-8-13/h4-12,16H,1-3H3,(H,22,23)(H,24,25)/t12-,16+/m0/s1. The number of benzene rings is 1. The van der Waals surface area contributed by atoms with Gasteiger partial charge in [-0.25, -0.2) is 4.98 Å². The fourth-order valence-corrected chi connectivity index (χ4v) is 2.59. The van der Waals surface area contributed by atoms with E-state index in [0.717, 1.165) is 0 Å². The third-order valence-corrected chi connectivity index (χ3v) is 4.02. The van der Waals surface area contributed by atoms with Crippen molar-refractivity contribution < 1.29 is 19.4 Å². The van der Waals surface area contributed by atoms with Gasteiger partial charge in [-0.3, -0.25) is 9.59 Å². The Morgan fingerprint density at radius 2 is 1.85 bits per heavy atom. The number of carboxylic acid groups (broad SMARTS) is 1. The Kier molecular flexibility index (Phi) is 6.58. The summed E-state index contributed by atoms with van der Waals surface area (Å²) in [6.07, 6.45) is 1.26. The second-order valence-electron chi connectivity index (χ2n) is 6.17. The lowest BCUT2D eigenvalue weighted by atomic mass is 9.94. The van der Waals surface area contributed by atoms with E-state index in [1.807, 2.05) is 19.9 Å². The first-order valence-electron chi connectivity index (χ1n) is 8.20. The molecule has 1 amide bonds. The van der Waals surface area contributed by atoms with Crippen molar-refractivity contribution in [1.82, 2.24) is 10.3 Å². The molecule has 1 heterocycles. The number of carbonyl (C=O) groups is 2. The number of pyridine rings is 1. The van der Waals surface area contributed by atoms with Crippen molar-refractivity contribution in [2.75, 3.05) is 0 Å². The Bertz CT molecular complexity index is 780. The number of carbonyl (C=O) groups excluding carboxylic acids is 1. The van der Waals surface area contributed by atoms with Gasteiger partial charge in [0.2, 0.25) is 5.88 Å². The number of amides is 1. The molecule has 2 N–H and O–H groups in total. The number of hydrogen-bond acceptors (Lipinski definition) is 4. The number of carboxylic acids is 1. The fraction of sp³-hybridized carbons (Fsp3) is 0.316. The van der Waals surface area contributed by atoms with Crippen LogP contribution < -0.4 is 10.1 Å². The third kappa shape index (κ3) is 4.95. The number of hydrogen-bond donors (Lipinski definition) is 2. The zero-order valence-electron chi connectivity index (χ0n) is 14.8. The van der Waals surface area contributed by atoms with E-state index < -0.39 is 23.8 Å². The molecule has 1 aromatic heterocycles. The highest BCUT2D eigenvalue weighted by Crippen LogP contribution is 2.25. The summed E-state index contributed by atoms with van der Waals surface area (Å²) in [5.74, 6) is -2.03. The summed E-state index contributed by atoms with van der Waals surface area (Å²) in [6, 6.07) is 9.72. The van der Waals surface area contributed by atoms with Crippen LogP contribution in [0.2, 0.25) is 5.02 Å². The molecule has 0 aliphatic rings. The second kappa shape index (κ2) is 8.67. The average Bonchev–Trinajstić information content (AvgIpc) is 2.60. The molecular weight excluding hydrogens is 356 g/mol. The van der Waals surface area contributed by atoms with Gasteiger partial charge in [-0.2, -0.15) is 0 Å². The van der Waals surface area contributed by atoms with Gasteiger partial charge in [0.15, 0.2) is 0 Å². The largest absolute Gasteiger partial charge is 0.481 e. The Balaban J connectivity index is 2.24. The maximum Gasteiger partial charge on any atom is 0.308 e. The summed E-state index contributed by atoms with van der Waals surface area (Å²) in [4.78, 5) is 28.1. The van der Waals surface area contributed by atoms with Crippen LogP contribution in [0.25, 0.3) is 0 Å². The molecule has 138 valence electrons. The maximum atomic E-state index is 12.6. The van der Waals surface area contributed by atoms with Crippen molar-refractivity contribution in [2.45, 2.75) is 32.9 Å². The quantitative estimate of drug-likeness (QED) is 0.768. The number of ether oxygens (including phenoxy) is 1. The average molecular weight is 377 g/mol. The van der Waals surface area contributed by atoms with Gasteiger partial charge >= 0.3 is 5.97 Å². The number of aromatic nitrogens is 1. The van der Waals surface area contributed by atoms with Crippen LogP contribution in [0.5, 0.6) is 5.88 Å². The smallest absolute Gasteiger partial charge is 0.308 e. The zero-order chi connectivity index (χ0) is 19.3. The van der Waals surface area contributed by atoms with E-state index in [4.69, 9.17) is 16.3 Å². The number of nitrogens with one attached hydrogen (secondary N) is 1. The molecule has 0 aliphatic carbocycles. The Morgan fingerprint density at radius 1 is 1.19 bits per heavy atom. The molecule has 0 radical (unpaired) electrons. The Labute approximate surface area is 157 Å². The van der Waals surface area contributed by atoms with E-state index in [2.05, 4.69) is 10.3 Å². The van der Waals surface area contributed by atoms with Gasteiger partial charge in [-0.05, 0) is 32.4 Å². The highest BCUT2D eigenvalue weighted by Gasteiger charge is 2.27. The Hall–Kier alpha value is -2.60. The SMILES string of the molecule is CC(C)Oc1ncc(C(=O)N[C@@H](c2ccccc2)[C@H](C)C(=O)O)cc1Cl. The van der Waals surface area contributed by atoms with Crippen LogP contribution in [0.4, 0.5) is 0 Å². The molecule has 0 bridgehead atoms. The zero-order valence-corrected chi connectivity index (χ0v) is 15.5. The van der Waals surface area contributed by atoms with E-state index >= 15 is 0 Å². The van der Waals surface area contributed by atoms with E-state index in [1.165, 1.54) is 12.3 Å². The highest BCUT2D eigenvalue weighted by atomic mass is 35.5. The van der Waals surface area contributed by atoms with Crippen LogP contribution in [0, 0.1) is 5.92 Å². The van der Waals surface area contributed by atoms with Crippen LogP contribution in [-0.4, -0.2) is 28.1 Å². The molecule has 0 spiro atoms. The third-order valence-electron chi connectivity index (χ3n) is 3.75. The lowest BCUT2D eigenvalue weighted by Crippen LogP contribution is -2.35. The van der Waals surface area contributed by atoms with Gasteiger partial charge in [0.05, 0.1) is 23.6 Å². The first kappa shape index (κ1) is 19.7. The number of rotatable bonds is 7. The minimum absolute atomic E-state index is 0.0986. The molecule has 0 saturated heterocycles. The molecule has 2 rings (SSSR count). The van der Waals surface area contributed by atoms with Crippen LogP contribution >= 0.6 is 11.6 Å². The van der Waals surface area contributed by atoms with Gasteiger partial charge in [0, 0.05) is 6.20 Å². The lowest BCUT2D eigenvalue weighted by Gasteiger charge is -2.23. The summed E-state index contributed by atoms with van der Waals surface area (Å²) in [6.45, 7) is 5.23. The van der Waals surface area contributed by atoms with E-state index in [9.17, 15) is 14.7 Å². The molecule has 2 aromatic rings. The van der Waals surface area contributed by atoms with Crippen LogP contribution in [0.3, 0.4) is 0 Å². The molecule has 2 atom stereocenters. The molecule has 1 aromatic carbocycles. The topological polar surface area (TPSA) is 88.5 Å². The second-order valence-corrected chi connectivity index (χ2v) is 6.57. The van der Waals surface area contributed by atoms with Crippen LogP contribution in [0.1, 0.15) is 42.7 Å². The van der Waals surface area contributed by atoms with Crippen molar-refractivity contribution in [3.05, 3.63) is 58.7 Å². The van der Waals surface area contributed by atoms with Crippen molar-refractivity contribution in [1.29, 1.82) is 0 Å². The molecule has 0 saturated carbocycles. The summed E-state index contributed by atoms with van der Waals surface area (Å²) in [5, 5.41) is 12.3. The van der Waals surface area contributed by atoms with E-state index in [1.54, 1.807) is 31.2 Å². The maximum absolute atomic E-state index is 12.6. The van der Waals surface area contributed by atoms with E-state index in [0.29, 0.717) is 5.56 Å². The monoisotopic (exact) mass is 376 g/mol. The predicted molar refractivity (Wildman–Crippen MR) is 98.5 cm³/mol. The van der Waals surface area contributed by atoms with E-state index in [-0.39, 0.29) is 22.6 Å². The summed E-state index contributed by atoms with van der Waals surface area (Å²) in [5.41, 5.74) is 0.930. The van der Waals surface area contributed by atoms with Gasteiger partial charge in [-0.1, -0.05) is 41.9 Å². The minimum atomic E-state index is -1.00. The number of nitrogens with zero attached hydrogens (tertiary/aromatic N) is 1. The molecule has 0 fully saturated rings. The first-order valence-corrected chi connectivity index (χ1v) is 8.58. The molecule has 0 aliphatic heterocycles. The molecule has 0 unspecified atom stereocenters. The predicted octanol–water partition coefficient (Wildman–Crippen LogP) is 3.71. The molecule has 6 nitrogen and oxygen atoms in total. The normalized spacial score (nSPS) is 13.1. The molecular formula is C19H21ClN2O4. The van der Waals surface area contributed by atoms with Gasteiger partial charge in [0.25, 0.3) is 5.91 Å². The number of aliphatic carboxylic acids is 1. The Morgan fingerprint density at radius 3 is 2.38 bits per heavy atom. The first-order chi connectivity index (χ1) is 12.3. The number of halogens is 1. The van der Waals surface area contributed by atoms with Crippen molar-refractivity contribution in [3.8, 4) is 5.88 Å². The van der Waals surface area contributed by atoms with Gasteiger partial charge in [0.1, 0.15) is 5.02 Å². The molecule has 26 heavy (non-hydrogen) atoms. The highest BCUT2D eigenvalue weighted by molar-refractivity contribution is 6.32. The molecule has 7 heteroatoms. The summed E-state index contributed by atoms with van der Waals surface area (Å²) < 4.78 is 5.45. The summed E-state index contributed by atoms with van der Waals surface area (Å²) >= 11 is 6.12. The van der Waals surface area contributed by atoms with Gasteiger partial charge < -0.3 is 15.2 Å². The van der Waals surface area contributed by atoms with Gasteiger partial charge in [-0.15, -0.1) is 0 Å².